The second kappa shape index (κ2) is 8.05. The third kappa shape index (κ3) is 4.19. The summed E-state index contributed by atoms with van der Waals surface area (Å²) in [6.07, 6.45) is 1.96. The van der Waals surface area contributed by atoms with E-state index in [2.05, 4.69) is 14.6 Å². The van der Waals surface area contributed by atoms with E-state index in [-0.39, 0.29) is 6.04 Å². The fraction of sp³-hybridized carbons (Fsp3) is 0.522. The molecule has 3 heterocycles. The molecule has 0 spiro atoms. The molecule has 0 atom stereocenters. The second-order valence-electron chi connectivity index (χ2n) is 9.64. The lowest BCUT2D eigenvalue weighted by Gasteiger charge is -2.32. The molecule has 0 unspecified atom stereocenters. The molecule has 1 saturated heterocycles. The smallest absolute Gasteiger partial charge is 0.491 e. The summed E-state index contributed by atoms with van der Waals surface area (Å²) >= 11 is 0. The van der Waals surface area contributed by atoms with Crippen LogP contribution in [0, 0.1) is 0 Å². The van der Waals surface area contributed by atoms with Gasteiger partial charge >= 0.3 is 7.12 Å². The minimum absolute atomic E-state index is 0.0766. The van der Waals surface area contributed by atoms with Gasteiger partial charge in [-0.15, -0.1) is 0 Å². The molecule has 0 aliphatic carbocycles. The number of rotatable bonds is 3. The Balaban J connectivity index is 1.71. The minimum Gasteiger partial charge on any atom is -0.491 e. The lowest BCUT2D eigenvalue weighted by molar-refractivity contribution is 0.00578. The van der Waals surface area contributed by atoms with Gasteiger partial charge < -0.3 is 24.3 Å². The van der Waals surface area contributed by atoms with Crippen LogP contribution in [0.15, 0.2) is 34.4 Å². The number of imidazole rings is 1. The van der Waals surface area contributed by atoms with Crippen molar-refractivity contribution in [2.75, 3.05) is 6.61 Å². The van der Waals surface area contributed by atoms with Crippen LogP contribution in [0.1, 0.15) is 54.2 Å². The van der Waals surface area contributed by atoms with Crippen molar-refractivity contribution >= 4 is 24.3 Å². The maximum Gasteiger partial charge on any atom is 0.494 e. The van der Waals surface area contributed by atoms with Crippen LogP contribution in [0.4, 0.5) is 0 Å². The highest BCUT2D eigenvalue weighted by atomic mass is 16.7. The van der Waals surface area contributed by atoms with Gasteiger partial charge in [-0.3, -0.25) is 4.99 Å². The average Bonchev–Trinajstić information content (AvgIpc) is 3.12. The highest BCUT2D eigenvalue weighted by Crippen LogP contribution is 2.37. The van der Waals surface area contributed by atoms with Gasteiger partial charge in [0, 0.05) is 12.2 Å². The third-order valence-electron chi connectivity index (χ3n) is 6.03. The lowest BCUT2D eigenvalue weighted by Crippen LogP contribution is -2.41. The molecular weight excluding hydrogens is 405 g/mol. The van der Waals surface area contributed by atoms with Gasteiger partial charge in [0.05, 0.1) is 29.1 Å². The first kappa shape index (κ1) is 22.5. The zero-order chi connectivity index (χ0) is 23.3. The molecular formula is C23H32BN5O3. The number of fused-ring (bicyclic) bond motifs is 3. The van der Waals surface area contributed by atoms with Gasteiger partial charge in [-0.2, -0.15) is 0 Å². The number of hydrogen-bond donors (Lipinski definition) is 1. The Labute approximate surface area is 190 Å². The van der Waals surface area contributed by atoms with Crippen molar-refractivity contribution < 1.29 is 14.0 Å². The van der Waals surface area contributed by atoms with Crippen molar-refractivity contribution in [3.63, 3.8) is 0 Å². The Morgan fingerprint density at radius 2 is 1.88 bits per heavy atom. The van der Waals surface area contributed by atoms with Crippen molar-refractivity contribution in [2.24, 2.45) is 15.7 Å². The molecule has 2 aromatic rings. The Morgan fingerprint density at radius 3 is 2.50 bits per heavy atom. The number of aromatic nitrogens is 2. The SMILES string of the molecule is CC(N)=NC(=NC(C)C)c1cn2c(n1)-c1ccc(B3OC(C)(C)C(C)(C)O3)cc1OCC2. The maximum atomic E-state index is 6.21. The fourth-order valence-corrected chi connectivity index (χ4v) is 3.70. The molecule has 1 aromatic carbocycles. The monoisotopic (exact) mass is 437 g/mol. The van der Waals surface area contributed by atoms with E-state index in [1.807, 2.05) is 65.9 Å². The number of nitrogens with two attached hydrogens (primary N) is 1. The molecule has 0 amide bonds. The van der Waals surface area contributed by atoms with E-state index >= 15 is 0 Å². The Bertz CT molecular complexity index is 1070. The number of ether oxygens (including phenoxy) is 1. The molecule has 4 rings (SSSR count). The zero-order valence-corrected chi connectivity index (χ0v) is 20.0. The summed E-state index contributed by atoms with van der Waals surface area (Å²) in [5.74, 6) is 2.56. The van der Waals surface area contributed by atoms with E-state index in [0.29, 0.717) is 30.5 Å². The first-order chi connectivity index (χ1) is 15.0. The molecule has 0 saturated carbocycles. The summed E-state index contributed by atoms with van der Waals surface area (Å²) in [7, 11) is -0.445. The molecule has 0 bridgehead atoms. The van der Waals surface area contributed by atoms with Crippen LogP contribution in [0.3, 0.4) is 0 Å². The van der Waals surface area contributed by atoms with Crippen LogP contribution >= 0.6 is 0 Å². The van der Waals surface area contributed by atoms with Crippen LogP contribution in [0.5, 0.6) is 5.75 Å². The first-order valence-electron chi connectivity index (χ1n) is 11.1. The standard InChI is InChI=1S/C23H32BN5O3/c1-14(2)26-20(27-15(3)25)18-13-29-10-11-30-19-12-16(8-9-17(19)21(29)28-18)24-31-22(4,5)23(6,7)32-24/h8-9,12-14H,10-11H2,1-7H3,(H2,25,26,27). The summed E-state index contributed by atoms with van der Waals surface area (Å²) in [6.45, 7) is 15.1. The highest BCUT2D eigenvalue weighted by molar-refractivity contribution is 6.62. The van der Waals surface area contributed by atoms with Gasteiger partial charge in [-0.05, 0) is 66.1 Å². The molecule has 8 nitrogen and oxygen atoms in total. The molecule has 2 aliphatic rings. The van der Waals surface area contributed by atoms with Gasteiger partial charge in [0.2, 0.25) is 0 Å². The molecule has 0 radical (unpaired) electrons. The number of benzene rings is 1. The summed E-state index contributed by atoms with van der Waals surface area (Å²) in [4.78, 5) is 13.9. The van der Waals surface area contributed by atoms with E-state index in [0.717, 1.165) is 22.6 Å². The normalized spacial score (nSPS) is 20.1. The zero-order valence-electron chi connectivity index (χ0n) is 20.0. The minimum atomic E-state index is -0.445. The molecule has 2 aliphatic heterocycles. The lowest BCUT2D eigenvalue weighted by atomic mass is 9.78. The summed E-state index contributed by atoms with van der Waals surface area (Å²) < 4.78 is 20.6. The quantitative estimate of drug-likeness (QED) is 0.453. The second-order valence-corrected chi connectivity index (χ2v) is 9.64. The van der Waals surface area contributed by atoms with E-state index in [9.17, 15) is 0 Å². The maximum absolute atomic E-state index is 6.21. The predicted molar refractivity (Wildman–Crippen MR) is 128 cm³/mol. The van der Waals surface area contributed by atoms with Crippen LogP contribution in [0.2, 0.25) is 0 Å². The third-order valence-corrected chi connectivity index (χ3v) is 6.03. The van der Waals surface area contributed by atoms with Gasteiger partial charge in [-0.1, -0.05) is 6.07 Å². The van der Waals surface area contributed by atoms with Crippen molar-refractivity contribution in [3.05, 3.63) is 30.1 Å². The molecule has 170 valence electrons. The van der Waals surface area contributed by atoms with E-state index < -0.39 is 18.3 Å². The predicted octanol–water partition coefficient (Wildman–Crippen LogP) is 2.77. The topological polar surface area (TPSA) is 96.3 Å². The molecule has 1 aromatic heterocycles. The van der Waals surface area contributed by atoms with Crippen LogP contribution in [-0.2, 0) is 15.9 Å². The van der Waals surface area contributed by atoms with Gasteiger partial charge in [0.25, 0.3) is 0 Å². The highest BCUT2D eigenvalue weighted by Gasteiger charge is 2.51. The summed E-state index contributed by atoms with van der Waals surface area (Å²) in [5.41, 5.74) is 7.57. The number of hydrogen-bond acceptors (Lipinski definition) is 5. The molecule has 9 heteroatoms. The average molecular weight is 437 g/mol. The van der Waals surface area contributed by atoms with Crippen LogP contribution in [0.25, 0.3) is 11.4 Å². The fourth-order valence-electron chi connectivity index (χ4n) is 3.70. The van der Waals surface area contributed by atoms with E-state index in [4.69, 9.17) is 24.8 Å². The van der Waals surface area contributed by atoms with E-state index in [1.54, 1.807) is 6.92 Å². The van der Waals surface area contributed by atoms with Crippen LogP contribution in [-0.4, -0.2) is 52.2 Å². The van der Waals surface area contributed by atoms with Gasteiger partial charge in [-0.25, -0.2) is 9.98 Å². The largest absolute Gasteiger partial charge is 0.494 e. The van der Waals surface area contributed by atoms with Gasteiger partial charge in [0.1, 0.15) is 23.9 Å². The Morgan fingerprint density at radius 1 is 1.19 bits per heavy atom. The Kier molecular flexibility index (Phi) is 5.67. The van der Waals surface area contributed by atoms with Crippen molar-refractivity contribution in [1.82, 2.24) is 9.55 Å². The summed E-state index contributed by atoms with van der Waals surface area (Å²) in [5, 5.41) is 0. The van der Waals surface area contributed by atoms with Gasteiger partial charge in [0.15, 0.2) is 5.84 Å². The molecule has 32 heavy (non-hydrogen) atoms. The molecule has 1 fully saturated rings. The first-order valence-corrected chi connectivity index (χ1v) is 11.1. The van der Waals surface area contributed by atoms with Crippen molar-refractivity contribution in [1.29, 1.82) is 0 Å². The Hall–Kier alpha value is -2.65. The van der Waals surface area contributed by atoms with Crippen LogP contribution < -0.4 is 15.9 Å². The summed E-state index contributed by atoms with van der Waals surface area (Å²) in [6, 6.07) is 6.10. The number of nitrogens with zero attached hydrogens (tertiary/aromatic N) is 4. The van der Waals surface area contributed by atoms with Crippen molar-refractivity contribution in [2.45, 2.75) is 72.3 Å². The van der Waals surface area contributed by atoms with E-state index in [1.165, 1.54) is 0 Å². The number of aliphatic imine (C=N–C) groups is 2. The van der Waals surface area contributed by atoms with Crippen molar-refractivity contribution in [3.8, 4) is 17.1 Å². The molecule has 2 N–H and O–H groups in total. The number of amidine groups is 2.